The molecule has 1 atom stereocenters. The Labute approximate surface area is 139 Å². The summed E-state index contributed by atoms with van der Waals surface area (Å²) < 4.78 is 13.0. The van der Waals surface area contributed by atoms with Gasteiger partial charge in [0.25, 0.3) is 0 Å². The average molecular weight is 338 g/mol. The first kappa shape index (κ1) is 16.8. The molecule has 0 heterocycles. The van der Waals surface area contributed by atoms with Gasteiger partial charge < -0.3 is 4.90 Å². The number of hydrogen-bond donors (Lipinski definition) is 0. The normalized spacial score (nSPS) is 12.0. The first-order chi connectivity index (χ1) is 10.5. The Morgan fingerprint density at radius 1 is 1.18 bits per heavy atom. The molecule has 116 valence electrons. The van der Waals surface area contributed by atoms with Gasteiger partial charge in [-0.25, -0.2) is 4.39 Å². The number of amides is 1. The van der Waals surface area contributed by atoms with Crippen molar-refractivity contribution in [3.8, 4) is 0 Å². The molecule has 1 unspecified atom stereocenters. The highest BCUT2D eigenvalue weighted by atomic mass is 35.5. The zero-order valence-electron chi connectivity index (χ0n) is 12.4. The smallest absolute Gasteiger partial charge is 0.233 e. The highest BCUT2D eigenvalue weighted by Crippen LogP contribution is 2.23. The second kappa shape index (κ2) is 7.65. The van der Waals surface area contributed by atoms with E-state index in [9.17, 15) is 9.18 Å². The van der Waals surface area contributed by atoms with E-state index in [0.29, 0.717) is 10.8 Å². The standard InChI is InChI=1S/C17H17ClFNOS/c1-12(13-3-7-15(19)8-4-13)20(2)17(21)11-22-16-9-5-14(18)6-10-16/h3-10,12H,11H2,1-2H3. The van der Waals surface area contributed by atoms with E-state index in [1.165, 1.54) is 23.9 Å². The van der Waals surface area contributed by atoms with Gasteiger partial charge in [0, 0.05) is 17.0 Å². The minimum absolute atomic E-state index is 0.0248. The second-order valence-electron chi connectivity index (χ2n) is 4.97. The summed E-state index contributed by atoms with van der Waals surface area (Å²) in [4.78, 5) is 14.9. The van der Waals surface area contributed by atoms with Gasteiger partial charge in [0.1, 0.15) is 5.82 Å². The number of carbonyl (C=O) groups excluding carboxylic acids is 1. The molecule has 2 rings (SSSR count). The summed E-state index contributed by atoms with van der Waals surface area (Å²) in [5.74, 6) is 0.101. The predicted octanol–water partition coefficient (Wildman–Crippen LogP) is 4.79. The highest BCUT2D eigenvalue weighted by Gasteiger charge is 2.17. The molecule has 1 amide bonds. The van der Waals surface area contributed by atoms with Crippen molar-refractivity contribution < 1.29 is 9.18 Å². The summed E-state index contributed by atoms with van der Waals surface area (Å²) in [6.45, 7) is 1.93. The van der Waals surface area contributed by atoms with Crippen LogP contribution in [-0.4, -0.2) is 23.6 Å². The molecule has 22 heavy (non-hydrogen) atoms. The molecule has 0 aliphatic carbocycles. The zero-order valence-corrected chi connectivity index (χ0v) is 14.0. The van der Waals surface area contributed by atoms with Crippen molar-refractivity contribution in [3.05, 3.63) is 64.9 Å². The molecule has 2 nitrogen and oxygen atoms in total. The van der Waals surface area contributed by atoms with Crippen LogP contribution in [0.3, 0.4) is 0 Å². The number of carbonyl (C=O) groups is 1. The number of rotatable bonds is 5. The van der Waals surface area contributed by atoms with E-state index in [-0.39, 0.29) is 17.8 Å². The van der Waals surface area contributed by atoms with Crippen molar-refractivity contribution in [1.82, 2.24) is 4.90 Å². The van der Waals surface area contributed by atoms with Crippen molar-refractivity contribution in [2.75, 3.05) is 12.8 Å². The van der Waals surface area contributed by atoms with E-state index in [4.69, 9.17) is 11.6 Å². The molecule has 2 aromatic carbocycles. The van der Waals surface area contributed by atoms with Crippen molar-refractivity contribution in [1.29, 1.82) is 0 Å². The van der Waals surface area contributed by atoms with Crippen LogP contribution >= 0.6 is 23.4 Å². The molecule has 0 aliphatic heterocycles. The van der Waals surface area contributed by atoms with Crippen LogP contribution in [0.15, 0.2) is 53.4 Å². The lowest BCUT2D eigenvalue weighted by Crippen LogP contribution is -2.31. The lowest BCUT2D eigenvalue weighted by Gasteiger charge is -2.25. The third-order valence-corrected chi connectivity index (χ3v) is 4.75. The Hall–Kier alpha value is -1.52. The first-order valence-corrected chi connectivity index (χ1v) is 8.23. The summed E-state index contributed by atoms with van der Waals surface area (Å²) in [5.41, 5.74) is 0.911. The molecule has 0 N–H and O–H groups in total. The maximum atomic E-state index is 13.0. The Morgan fingerprint density at radius 2 is 1.77 bits per heavy atom. The van der Waals surface area contributed by atoms with Crippen molar-refractivity contribution in [2.24, 2.45) is 0 Å². The fourth-order valence-electron chi connectivity index (χ4n) is 1.96. The van der Waals surface area contributed by atoms with Gasteiger partial charge in [-0.05, 0) is 48.9 Å². The minimum atomic E-state index is -0.275. The van der Waals surface area contributed by atoms with Gasteiger partial charge in [-0.15, -0.1) is 11.8 Å². The van der Waals surface area contributed by atoms with Gasteiger partial charge >= 0.3 is 0 Å². The van der Waals surface area contributed by atoms with Gasteiger partial charge in [0.05, 0.1) is 11.8 Å². The molecule has 0 fully saturated rings. The van der Waals surface area contributed by atoms with Crippen molar-refractivity contribution in [2.45, 2.75) is 17.9 Å². The number of nitrogens with zero attached hydrogens (tertiary/aromatic N) is 1. The SMILES string of the molecule is CC(c1ccc(F)cc1)N(C)C(=O)CSc1ccc(Cl)cc1. The Bertz CT molecular complexity index is 630. The third kappa shape index (κ3) is 4.49. The molecule has 0 bridgehead atoms. The predicted molar refractivity (Wildman–Crippen MR) is 89.8 cm³/mol. The van der Waals surface area contributed by atoms with Crippen LogP contribution in [0, 0.1) is 5.82 Å². The average Bonchev–Trinajstić information content (AvgIpc) is 2.53. The largest absolute Gasteiger partial charge is 0.338 e. The van der Waals surface area contributed by atoms with Crippen LogP contribution in [-0.2, 0) is 4.79 Å². The van der Waals surface area contributed by atoms with E-state index in [2.05, 4.69) is 0 Å². The molecular formula is C17H17ClFNOS. The maximum absolute atomic E-state index is 13.0. The lowest BCUT2D eigenvalue weighted by atomic mass is 10.1. The summed E-state index contributed by atoms with van der Waals surface area (Å²) in [5, 5.41) is 0.678. The van der Waals surface area contributed by atoms with Crippen molar-refractivity contribution >= 4 is 29.3 Å². The van der Waals surface area contributed by atoms with Crippen LogP contribution in [0.2, 0.25) is 5.02 Å². The summed E-state index contributed by atoms with van der Waals surface area (Å²) in [6.07, 6.45) is 0. The molecule has 5 heteroatoms. The van der Waals surface area contributed by atoms with Gasteiger partial charge in [0.15, 0.2) is 0 Å². The highest BCUT2D eigenvalue weighted by molar-refractivity contribution is 8.00. The van der Waals surface area contributed by atoms with Gasteiger partial charge in [-0.1, -0.05) is 23.7 Å². The molecular weight excluding hydrogens is 321 g/mol. The Morgan fingerprint density at radius 3 is 2.36 bits per heavy atom. The summed E-state index contributed by atoms with van der Waals surface area (Å²) >= 11 is 7.30. The maximum Gasteiger partial charge on any atom is 0.233 e. The van der Waals surface area contributed by atoms with Crippen LogP contribution in [0.25, 0.3) is 0 Å². The van der Waals surface area contributed by atoms with E-state index in [1.54, 1.807) is 36.2 Å². The fourth-order valence-corrected chi connectivity index (χ4v) is 2.91. The Balaban J connectivity index is 1.93. The van der Waals surface area contributed by atoms with Gasteiger partial charge in [-0.2, -0.15) is 0 Å². The van der Waals surface area contributed by atoms with Crippen LogP contribution in [0.1, 0.15) is 18.5 Å². The molecule has 0 aliphatic rings. The number of hydrogen-bond acceptors (Lipinski definition) is 2. The first-order valence-electron chi connectivity index (χ1n) is 6.87. The molecule has 2 aromatic rings. The monoisotopic (exact) mass is 337 g/mol. The van der Waals surface area contributed by atoms with Crippen molar-refractivity contribution in [3.63, 3.8) is 0 Å². The van der Waals surface area contributed by atoms with Crippen LogP contribution < -0.4 is 0 Å². The molecule has 0 saturated carbocycles. The fraction of sp³-hybridized carbons (Fsp3) is 0.235. The van der Waals surface area contributed by atoms with Crippen LogP contribution in [0.4, 0.5) is 4.39 Å². The summed E-state index contributed by atoms with van der Waals surface area (Å²) in [6, 6.07) is 13.5. The zero-order chi connectivity index (χ0) is 16.1. The quantitative estimate of drug-likeness (QED) is 0.731. The lowest BCUT2D eigenvalue weighted by molar-refractivity contribution is -0.128. The minimum Gasteiger partial charge on any atom is -0.338 e. The Kier molecular flexibility index (Phi) is 5.86. The topological polar surface area (TPSA) is 20.3 Å². The van der Waals surface area contributed by atoms with E-state index in [1.807, 2.05) is 19.1 Å². The van der Waals surface area contributed by atoms with E-state index < -0.39 is 0 Å². The van der Waals surface area contributed by atoms with Gasteiger partial charge in [-0.3, -0.25) is 4.79 Å². The van der Waals surface area contributed by atoms with E-state index >= 15 is 0 Å². The third-order valence-electron chi connectivity index (χ3n) is 3.50. The molecule has 0 radical (unpaired) electrons. The van der Waals surface area contributed by atoms with Gasteiger partial charge in [0.2, 0.25) is 5.91 Å². The number of thioether (sulfide) groups is 1. The van der Waals surface area contributed by atoms with E-state index in [0.717, 1.165) is 10.5 Å². The van der Waals surface area contributed by atoms with Crippen LogP contribution in [0.5, 0.6) is 0 Å². The number of benzene rings is 2. The second-order valence-corrected chi connectivity index (χ2v) is 6.46. The molecule has 0 aromatic heterocycles. The number of halogens is 2. The summed E-state index contributed by atoms with van der Waals surface area (Å²) in [7, 11) is 1.76. The molecule has 0 spiro atoms. The molecule has 0 saturated heterocycles.